The Hall–Kier alpha value is -1.93. The van der Waals surface area contributed by atoms with Crippen molar-refractivity contribution < 1.29 is 18.8 Å². The zero-order chi connectivity index (χ0) is 16.7. The smallest absolute Gasteiger partial charge is 0.267 e. The maximum absolute atomic E-state index is 13.0. The van der Waals surface area contributed by atoms with Crippen LogP contribution in [0.3, 0.4) is 0 Å². The van der Waals surface area contributed by atoms with E-state index in [2.05, 4.69) is 10.1 Å². The van der Waals surface area contributed by atoms with Gasteiger partial charge in [-0.1, -0.05) is 5.16 Å². The molecule has 2 saturated heterocycles. The molecule has 2 aliphatic heterocycles. The second-order valence-corrected chi connectivity index (χ2v) is 7.16. The zero-order valence-electron chi connectivity index (χ0n) is 13.7. The number of rotatable bonds is 4. The van der Waals surface area contributed by atoms with Gasteiger partial charge >= 0.3 is 0 Å². The van der Waals surface area contributed by atoms with Gasteiger partial charge in [0, 0.05) is 19.0 Å². The number of hydrogen-bond acceptors (Lipinski definition) is 7. The number of fused-ring (bicyclic) bond motifs is 1. The molecule has 0 bridgehead atoms. The van der Waals surface area contributed by atoms with E-state index in [1.807, 2.05) is 23.3 Å². The molecular weight excluding hydrogens is 330 g/mol. The van der Waals surface area contributed by atoms with Gasteiger partial charge in [-0.05, 0) is 25.3 Å². The van der Waals surface area contributed by atoms with Crippen molar-refractivity contribution in [3.63, 3.8) is 0 Å². The van der Waals surface area contributed by atoms with Gasteiger partial charge in [-0.25, -0.2) is 0 Å². The summed E-state index contributed by atoms with van der Waals surface area (Å²) >= 11 is 1.41. The van der Waals surface area contributed by atoms with Crippen LogP contribution in [0.5, 0.6) is 5.75 Å². The number of aryl methyl sites for hydroxylation is 1. The van der Waals surface area contributed by atoms with Crippen LogP contribution >= 0.6 is 11.3 Å². The predicted molar refractivity (Wildman–Crippen MR) is 86.4 cm³/mol. The van der Waals surface area contributed by atoms with E-state index in [9.17, 15) is 4.79 Å². The molecule has 4 heterocycles. The van der Waals surface area contributed by atoms with Crippen LogP contribution in [0.25, 0.3) is 0 Å². The second-order valence-electron chi connectivity index (χ2n) is 6.25. The number of nitrogens with zero attached hydrogens (tertiary/aromatic N) is 3. The molecule has 24 heavy (non-hydrogen) atoms. The maximum atomic E-state index is 13.0. The number of likely N-dealkylation sites (tertiary alicyclic amines) is 1. The summed E-state index contributed by atoms with van der Waals surface area (Å²) in [4.78, 5) is 19.9. The summed E-state index contributed by atoms with van der Waals surface area (Å²) < 4.78 is 16.7. The van der Waals surface area contributed by atoms with E-state index in [1.165, 1.54) is 11.3 Å². The van der Waals surface area contributed by atoms with Crippen molar-refractivity contribution in [1.29, 1.82) is 0 Å². The molecule has 0 unspecified atom stereocenters. The molecular formula is C16H19N3O4S. The number of thiophene rings is 1. The number of carbonyl (C=O) groups is 1. The van der Waals surface area contributed by atoms with E-state index in [0.717, 1.165) is 0 Å². The molecule has 2 atom stereocenters. The summed E-state index contributed by atoms with van der Waals surface area (Å²) in [5.41, 5.74) is -0.389. The zero-order valence-corrected chi connectivity index (χ0v) is 14.5. The van der Waals surface area contributed by atoms with Crippen LogP contribution in [0.1, 0.15) is 28.3 Å². The lowest BCUT2D eigenvalue weighted by molar-refractivity contribution is 0.0737. The van der Waals surface area contributed by atoms with E-state index >= 15 is 0 Å². The quantitative estimate of drug-likeness (QED) is 0.839. The minimum atomic E-state index is -0.389. The van der Waals surface area contributed by atoms with Gasteiger partial charge in [-0.15, -0.1) is 11.3 Å². The van der Waals surface area contributed by atoms with Crippen molar-refractivity contribution in [2.24, 2.45) is 5.92 Å². The van der Waals surface area contributed by atoms with Gasteiger partial charge in [-0.2, -0.15) is 4.98 Å². The van der Waals surface area contributed by atoms with E-state index in [0.29, 0.717) is 55.3 Å². The van der Waals surface area contributed by atoms with Crippen LogP contribution < -0.4 is 4.74 Å². The first-order valence-electron chi connectivity index (χ1n) is 8.02. The first-order valence-corrected chi connectivity index (χ1v) is 8.90. The van der Waals surface area contributed by atoms with Gasteiger partial charge in [0.1, 0.15) is 10.6 Å². The number of carbonyl (C=O) groups excluding carboxylic acids is 1. The highest BCUT2D eigenvalue weighted by Gasteiger charge is 2.56. The molecule has 2 aliphatic rings. The predicted octanol–water partition coefficient (Wildman–Crippen LogP) is 1.88. The van der Waals surface area contributed by atoms with Crippen LogP contribution in [0, 0.1) is 12.8 Å². The third-order valence-electron chi connectivity index (χ3n) is 4.74. The van der Waals surface area contributed by atoms with Crippen molar-refractivity contribution in [3.05, 3.63) is 28.0 Å². The molecule has 2 aromatic heterocycles. The fourth-order valence-electron chi connectivity index (χ4n) is 3.56. The first-order chi connectivity index (χ1) is 11.6. The van der Waals surface area contributed by atoms with Crippen molar-refractivity contribution in [2.45, 2.75) is 19.3 Å². The Morgan fingerprint density at radius 1 is 1.58 bits per heavy atom. The second kappa shape index (κ2) is 5.86. The molecule has 0 aromatic carbocycles. The van der Waals surface area contributed by atoms with Crippen LogP contribution in [-0.2, 0) is 10.2 Å². The van der Waals surface area contributed by atoms with Crippen molar-refractivity contribution in [1.82, 2.24) is 15.0 Å². The lowest BCUT2D eigenvalue weighted by atomic mass is 9.81. The van der Waals surface area contributed by atoms with E-state index in [1.54, 1.807) is 6.92 Å². The first kappa shape index (κ1) is 15.6. The van der Waals surface area contributed by atoms with Crippen LogP contribution in [0.2, 0.25) is 0 Å². The largest absolute Gasteiger partial charge is 0.492 e. The minimum Gasteiger partial charge on any atom is -0.492 e. The SMILES string of the molecule is CCOc1ccsc1C(=O)N1C[C@H]2COC[C@@]2(c2nc(C)no2)C1. The highest BCUT2D eigenvalue weighted by atomic mass is 32.1. The van der Waals surface area contributed by atoms with E-state index < -0.39 is 0 Å². The van der Waals surface area contributed by atoms with E-state index in [4.69, 9.17) is 14.0 Å². The highest BCUT2D eigenvalue weighted by Crippen LogP contribution is 2.44. The molecule has 8 heteroatoms. The normalized spacial score (nSPS) is 25.9. The lowest BCUT2D eigenvalue weighted by Crippen LogP contribution is -2.37. The molecule has 0 N–H and O–H groups in total. The molecule has 4 rings (SSSR count). The van der Waals surface area contributed by atoms with Crippen molar-refractivity contribution in [3.8, 4) is 5.75 Å². The van der Waals surface area contributed by atoms with Gasteiger partial charge in [0.15, 0.2) is 5.82 Å². The molecule has 0 radical (unpaired) electrons. The Bertz CT molecular complexity index is 758. The van der Waals surface area contributed by atoms with Gasteiger partial charge in [0.05, 0.1) is 25.2 Å². The summed E-state index contributed by atoms with van der Waals surface area (Å²) in [5.74, 6) is 2.01. The number of aromatic nitrogens is 2. The Labute approximate surface area is 143 Å². The summed E-state index contributed by atoms with van der Waals surface area (Å²) in [6.45, 7) is 6.52. The summed E-state index contributed by atoms with van der Waals surface area (Å²) in [6, 6.07) is 1.85. The van der Waals surface area contributed by atoms with Crippen LogP contribution in [-0.4, -0.2) is 53.9 Å². The van der Waals surface area contributed by atoms with Crippen LogP contribution in [0.4, 0.5) is 0 Å². The third kappa shape index (κ3) is 2.32. The molecule has 128 valence electrons. The van der Waals surface area contributed by atoms with Crippen molar-refractivity contribution in [2.75, 3.05) is 32.9 Å². The average molecular weight is 349 g/mol. The molecule has 0 aliphatic carbocycles. The maximum Gasteiger partial charge on any atom is 0.267 e. The molecule has 7 nitrogen and oxygen atoms in total. The average Bonchev–Trinajstić information content (AvgIpc) is 3.28. The Kier molecular flexibility index (Phi) is 3.80. The number of ether oxygens (including phenoxy) is 2. The summed E-state index contributed by atoms with van der Waals surface area (Å²) in [5, 5.41) is 5.80. The molecule has 1 amide bonds. The summed E-state index contributed by atoms with van der Waals surface area (Å²) in [7, 11) is 0. The monoisotopic (exact) mass is 349 g/mol. The third-order valence-corrected chi connectivity index (χ3v) is 5.62. The standard InChI is InChI=1S/C16H19N3O4S/c1-3-22-12-4-5-24-13(12)14(20)19-6-11-7-21-9-16(11,8-19)15-17-10(2)18-23-15/h4-5,11H,3,6-9H2,1-2H3/t11-,16-/m0/s1. The van der Waals surface area contributed by atoms with Gasteiger partial charge in [-0.3, -0.25) is 4.79 Å². The van der Waals surface area contributed by atoms with Crippen molar-refractivity contribution >= 4 is 17.2 Å². The molecule has 2 fully saturated rings. The molecule has 0 spiro atoms. The number of amides is 1. The van der Waals surface area contributed by atoms with Gasteiger partial charge in [0.2, 0.25) is 5.89 Å². The molecule has 0 saturated carbocycles. The topological polar surface area (TPSA) is 77.7 Å². The fourth-order valence-corrected chi connectivity index (χ4v) is 4.36. The van der Waals surface area contributed by atoms with E-state index in [-0.39, 0.29) is 17.2 Å². The molecule has 2 aromatic rings. The Morgan fingerprint density at radius 3 is 3.21 bits per heavy atom. The summed E-state index contributed by atoms with van der Waals surface area (Å²) in [6.07, 6.45) is 0. The Morgan fingerprint density at radius 2 is 2.46 bits per heavy atom. The van der Waals surface area contributed by atoms with Gasteiger partial charge < -0.3 is 18.9 Å². The minimum absolute atomic E-state index is 0.00142. The van der Waals surface area contributed by atoms with Gasteiger partial charge in [0.25, 0.3) is 5.91 Å². The van der Waals surface area contributed by atoms with Crippen LogP contribution in [0.15, 0.2) is 16.0 Å². The fraction of sp³-hybridized carbons (Fsp3) is 0.562. The Balaban J connectivity index is 1.61. The lowest BCUT2D eigenvalue weighted by Gasteiger charge is -2.22. The highest BCUT2D eigenvalue weighted by molar-refractivity contribution is 7.12. The number of hydrogen-bond donors (Lipinski definition) is 0.